The van der Waals surface area contributed by atoms with Crippen molar-refractivity contribution in [2.24, 2.45) is 0 Å². The number of methoxy groups -OCH3 is 1. The molecular weight excluding hydrogens is 224 g/mol. The van der Waals surface area contributed by atoms with Crippen LogP contribution in [-0.4, -0.2) is 31.2 Å². The molecule has 0 spiro atoms. The highest BCUT2D eigenvalue weighted by Gasteiger charge is 2.12. The molecule has 0 aliphatic rings. The second-order valence-electron chi connectivity index (χ2n) is 2.54. The lowest BCUT2D eigenvalue weighted by molar-refractivity contribution is -0.138. The van der Waals surface area contributed by atoms with Crippen LogP contribution in [0.2, 0.25) is 5.15 Å². The van der Waals surface area contributed by atoms with Crippen LogP contribution in [0.25, 0.3) is 0 Å². The van der Waals surface area contributed by atoms with Crippen LogP contribution in [0.4, 0.5) is 5.13 Å². The van der Waals surface area contributed by atoms with Gasteiger partial charge in [-0.1, -0.05) is 11.6 Å². The molecule has 0 radical (unpaired) electrons. The van der Waals surface area contributed by atoms with E-state index in [-0.39, 0.29) is 12.5 Å². The van der Waals surface area contributed by atoms with Gasteiger partial charge in [0, 0.05) is 11.9 Å². The van der Waals surface area contributed by atoms with E-state index >= 15 is 0 Å². The average molecular weight is 235 g/mol. The van der Waals surface area contributed by atoms with Gasteiger partial charge in [0.2, 0.25) is 0 Å². The zero-order valence-electron chi connectivity index (χ0n) is 7.99. The Morgan fingerprint density at radius 2 is 2.50 bits per heavy atom. The van der Waals surface area contributed by atoms with E-state index in [0.717, 1.165) is 5.13 Å². The van der Waals surface area contributed by atoms with Gasteiger partial charge in [-0.3, -0.25) is 4.79 Å². The fourth-order valence-corrected chi connectivity index (χ4v) is 1.94. The summed E-state index contributed by atoms with van der Waals surface area (Å²) in [6.07, 6.45) is 0. The molecule has 0 atom stereocenters. The summed E-state index contributed by atoms with van der Waals surface area (Å²) in [6.45, 7) is 2.84. The smallest absolute Gasteiger partial charge is 0.325 e. The van der Waals surface area contributed by atoms with E-state index in [1.54, 1.807) is 5.38 Å². The maximum atomic E-state index is 11.0. The molecule has 6 heteroatoms. The molecule has 0 saturated carbocycles. The monoisotopic (exact) mass is 234 g/mol. The number of rotatable bonds is 4. The van der Waals surface area contributed by atoms with Crippen LogP contribution < -0.4 is 4.90 Å². The molecule has 78 valence electrons. The predicted octanol–water partition coefficient (Wildman–Crippen LogP) is 1.80. The van der Waals surface area contributed by atoms with Gasteiger partial charge in [-0.2, -0.15) is 0 Å². The highest BCUT2D eigenvalue weighted by Crippen LogP contribution is 2.22. The first-order valence-electron chi connectivity index (χ1n) is 4.10. The molecule has 0 unspecified atom stereocenters. The van der Waals surface area contributed by atoms with E-state index in [2.05, 4.69) is 9.72 Å². The Hall–Kier alpha value is -0.810. The van der Waals surface area contributed by atoms with Gasteiger partial charge in [0.1, 0.15) is 11.7 Å². The summed E-state index contributed by atoms with van der Waals surface area (Å²) in [6, 6.07) is 0. The molecule has 14 heavy (non-hydrogen) atoms. The number of aromatic nitrogens is 1. The van der Waals surface area contributed by atoms with Crippen LogP contribution in [0.1, 0.15) is 6.92 Å². The topological polar surface area (TPSA) is 42.4 Å². The van der Waals surface area contributed by atoms with Crippen molar-refractivity contribution in [1.82, 2.24) is 4.98 Å². The molecule has 4 nitrogen and oxygen atoms in total. The molecule has 0 bridgehead atoms. The summed E-state index contributed by atoms with van der Waals surface area (Å²) in [7, 11) is 1.37. The Morgan fingerprint density at radius 3 is 2.93 bits per heavy atom. The Labute approximate surface area is 91.5 Å². The molecule has 1 aromatic heterocycles. The fourth-order valence-electron chi connectivity index (χ4n) is 0.926. The number of esters is 1. The summed E-state index contributed by atoms with van der Waals surface area (Å²) in [5, 5.41) is 2.92. The zero-order valence-corrected chi connectivity index (χ0v) is 9.56. The number of hydrogen-bond donors (Lipinski definition) is 0. The molecule has 1 aromatic rings. The third-order valence-corrected chi connectivity index (χ3v) is 2.89. The third kappa shape index (κ3) is 2.85. The van der Waals surface area contributed by atoms with Crippen LogP contribution in [-0.2, 0) is 9.53 Å². The fraction of sp³-hybridized carbons (Fsp3) is 0.500. The Morgan fingerprint density at radius 1 is 1.79 bits per heavy atom. The number of nitrogens with zero attached hydrogens (tertiary/aromatic N) is 2. The maximum Gasteiger partial charge on any atom is 0.325 e. The maximum absolute atomic E-state index is 11.0. The van der Waals surface area contributed by atoms with Crippen LogP contribution in [0.15, 0.2) is 5.38 Å². The first-order valence-corrected chi connectivity index (χ1v) is 5.36. The largest absolute Gasteiger partial charge is 0.468 e. The van der Waals surface area contributed by atoms with Crippen molar-refractivity contribution in [3.8, 4) is 0 Å². The quantitative estimate of drug-likeness (QED) is 0.745. The first-order chi connectivity index (χ1) is 6.67. The van der Waals surface area contributed by atoms with Crippen molar-refractivity contribution in [2.75, 3.05) is 25.1 Å². The summed E-state index contributed by atoms with van der Waals surface area (Å²) in [4.78, 5) is 16.9. The predicted molar refractivity (Wildman–Crippen MR) is 57.0 cm³/mol. The van der Waals surface area contributed by atoms with Crippen molar-refractivity contribution in [3.05, 3.63) is 10.5 Å². The first kappa shape index (κ1) is 11.3. The molecule has 0 N–H and O–H groups in total. The molecule has 0 amide bonds. The van der Waals surface area contributed by atoms with Crippen molar-refractivity contribution in [1.29, 1.82) is 0 Å². The molecular formula is C8H11ClN2O2S. The minimum Gasteiger partial charge on any atom is -0.468 e. The third-order valence-electron chi connectivity index (χ3n) is 1.66. The van der Waals surface area contributed by atoms with Gasteiger partial charge < -0.3 is 9.64 Å². The Bertz CT molecular complexity index is 316. The average Bonchev–Trinajstić information content (AvgIpc) is 2.60. The number of carbonyl (C=O) groups excluding carboxylic acids is 1. The van der Waals surface area contributed by atoms with Gasteiger partial charge in [-0.05, 0) is 6.92 Å². The number of ether oxygens (including phenoxy) is 1. The molecule has 0 aromatic carbocycles. The summed E-state index contributed by atoms with van der Waals surface area (Å²) < 4.78 is 4.57. The zero-order chi connectivity index (χ0) is 10.6. The molecule has 0 saturated heterocycles. The molecule has 0 aliphatic carbocycles. The summed E-state index contributed by atoms with van der Waals surface area (Å²) in [5.41, 5.74) is 0. The van der Waals surface area contributed by atoms with Gasteiger partial charge in [0.05, 0.1) is 7.11 Å². The van der Waals surface area contributed by atoms with Gasteiger partial charge in [-0.25, -0.2) is 4.98 Å². The Kier molecular flexibility index (Phi) is 4.16. The van der Waals surface area contributed by atoms with E-state index < -0.39 is 0 Å². The second-order valence-corrected chi connectivity index (χ2v) is 3.77. The van der Waals surface area contributed by atoms with Crippen molar-refractivity contribution in [2.45, 2.75) is 6.92 Å². The van der Waals surface area contributed by atoms with Crippen molar-refractivity contribution < 1.29 is 9.53 Å². The molecule has 0 fully saturated rings. The Balaban J connectivity index is 2.67. The van der Waals surface area contributed by atoms with Crippen LogP contribution in [0.5, 0.6) is 0 Å². The van der Waals surface area contributed by atoms with Gasteiger partial charge in [0.15, 0.2) is 5.13 Å². The molecule has 1 heterocycles. The van der Waals surface area contributed by atoms with Gasteiger partial charge in [-0.15, -0.1) is 11.3 Å². The normalized spacial score (nSPS) is 9.93. The minimum absolute atomic E-state index is 0.205. The number of thiazole rings is 1. The van der Waals surface area contributed by atoms with E-state index in [0.29, 0.717) is 11.7 Å². The van der Waals surface area contributed by atoms with Crippen LogP contribution >= 0.6 is 22.9 Å². The molecule has 0 aliphatic heterocycles. The van der Waals surface area contributed by atoms with Gasteiger partial charge in [0.25, 0.3) is 0 Å². The second kappa shape index (κ2) is 5.17. The lowest BCUT2D eigenvalue weighted by Gasteiger charge is -2.17. The van der Waals surface area contributed by atoms with Crippen molar-refractivity contribution >= 4 is 34.0 Å². The van der Waals surface area contributed by atoms with E-state index in [4.69, 9.17) is 11.6 Å². The van der Waals surface area contributed by atoms with E-state index in [9.17, 15) is 4.79 Å². The number of likely N-dealkylation sites (N-methyl/N-ethyl adjacent to an activating group) is 1. The lowest BCUT2D eigenvalue weighted by atomic mass is 10.5. The molecule has 1 rings (SSSR count). The minimum atomic E-state index is -0.279. The number of anilines is 1. The number of hydrogen-bond acceptors (Lipinski definition) is 5. The summed E-state index contributed by atoms with van der Waals surface area (Å²) in [5.74, 6) is -0.279. The SMILES string of the molecule is CCN(CC(=O)OC)c1nc(Cl)cs1. The standard InChI is InChI=1S/C8H11ClN2O2S/c1-3-11(4-7(12)13-2)8-10-6(9)5-14-8/h5H,3-4H2,1-2H3. The van der Waals surface area contributed by atoms with E-state index in [1.165, 1.54) is 18.4 Å². The van der Waals surface area contributed by atoms with Crippen molar-refractivity contribution in [3.63, 3.8) is 0 Å². The van der Waals surface area contributed by atoms with Crippen LogP contribution in [0.3, 0.4) is 0 Å². The summed E-state index contributed by atoms with van der Waals surface area (Å²) >= 11 is 7.10. The highest BCUT2D eigenvalue weighted by atomic mass is 35.5. The number of carbonyl (C=O) groups is 1. The van der Waals surface area contributed by atoms with Crippen LogP contribution in [0, 0.1) is 0 Å². The van der Waals surface area contributed by atoms with Gasteiger partial charge >= 0.3 is 5.97 Å². The van der Waals surface area contributed by atoms with E-state index in [1.807, 2.05) is 11.8 Å². The number of halogens is 1. The highest BCUT2D eigenvalue weighted by molar-refractivity contribution is 7.14. The lowest BCUT2D eigenvalue weighted by Crippen LogP contribution is -2.30.